The number of aromatic nitrogens is 2. The van der Waals surface area contributed by atoms with Gasteiger partial charge in [-0.25, -0.2) is 18.3 Å². The Morgan fingerprint density at radius 1 is 1.42 bits per heavy atom. The number of aldehydes is 1. The first-order valence-corrected chi connectivity index (χ1v) is 9.78. The number of nitrogens with one attached hydrogen (secondary N) is 1. The number of ether oxygens (including phenoxy) is 1. The van der Waals surface area contributed by atoms with Crippen molar-refractivity contribution in [1.29, 1.82) is 0 Å². The van der Waals surface area contributed by atoms with E-state index in [-0.39, 0.29) is 12.7 Å². The molecular weight excluding hydrogens is 405 g/mol. The molecule has 0 aromatic carbocycles. The SMILES string of the molecule is O=Cc1cn([C@H]2CC[C@@](F)(COP(=O)(O)OP(=O)(O)O)O2)c(=O)[nH]c1=O. The van der Waals surface area contributed by atoms with Crippen LogP contribution in [0.1, 0.15) is 29.4 Å². The van der Waals surface area contributed by atoms with Crippen molar-refractivity contribution >= 4 is 21.9 Å². The van der Waals surface area contributed by atoms with Crippen LogP contribution in [0.15, 0.2) is 15.8 Å². The molecule has 1 aromatic heterocycles. The summed E-state index contributed by atoms with van der Waals surface area (Å²) >= 11 is 0. The van der Waals surface area contributed by atoms with Gasteiger partial charge in [0, 0.05) is 12.6 Å². The molecule has 0 saturated carbocycles. The molecule has 3 atom stereocenters. The monoisotopic (exact) mass is 418 g/mol. The Morgan fingerprint density at radius 2 is 2.08 bits per heavy atom. The molecule has 4 N–H and O–H groups in total. The highest BCUT2D eigenvalue weighted by Crippen LogP contribution is 2.58. The van der Waals surface area contributed by atoms with Crippen LogP contribution in [-0.4, -0.2) is 43.0 Å². The van der Waals surface area contributed by atoms with E-state index < -0.39 is 57.6 Å². The quantitative estimate of drug-likeness (QED) is 0.331. The lowest BCUT2D eigenvalue weighted by Gasteiger charge is -2.22. The fraction of sp³-hybridized carbons (Fsp3) is 0.500. The van der Waals surface area contributed by atoms with E-state index in [2.05, 4.69) is 8.83 Å². The molecule has 13 nitrogen and oxygen atoms in total. The van der Waals surface area contributed by atoms with Gasteiger partial charge in [-0.2, -0.15) is 4.31 Å². The van der Waals surface area contributed by atoms with E-state index in [1.165, 1.54) is 0 Å². The minimum absolute atomic E-state index is 0.140. The first kappa shape index (κ1) is 20.8. The summed E-state index contributed by atoms with van der Waals surface area (Å²) in [5.74, 6) is -2.70. The number of phosphoric ester groups is 1. The van der Waals surface area contributed by atoms with E-state index in [0.717, 1.165) is 10.8 Å². The zero-order valence-electron chi connectivity index (χ0n) is 12.7. The second-order valence-electron chi connectivity index (χ2n) is 5.18. The van der Waals surface area contributed by atoms with Gasteiger partial charge in [0.25, 0.3) is 5.56 Å². The Bertz CT molecular complexity index is 907. The Morgan fingerprint density at radius 3 is 2.65 bits per heavy atom. The molecule has 2 heterocycles. The Labute approximate surface area is 143 Å². The van der Waals surface area contributed by atoms with Crippen molar-refractivity contribution in [3.05, 3.63) is 32.6 Å². The van der Waals surface area contributed by atoms with Crippen LogP contribution in [0.25, 0.3) is 0 Å². The fourth-order valence-electron chi connectivity index (χ4n) is 2.14. The molecule has 0 bridgehead atoms. The summed E-state index contributed by atoms with van der Waals surface area (Å²) in [6.45, 7) is -1.24. The molecule has 2 rings (SSSR count). The molecule has 1 aromatic rings. The van der Waals surface area contributed by atoms with E-state index >= 15 is 0 Å². The van der Waals surface area contributed by atoms with Crippen LogP contribution in [0, 0.1) is 0 Å². The summed E-state index contributed by atoms with van der Waals surface area (Å²) in [5.41, 5.74) is -2.32. The van der Waals surface area contributed by atoms with Crippen molar-refractivity contribution in [2.75, 3.05) is 6.61 Å². The van der Waals surface area contributed by atoms with E-state index in [1.807, 2.05) is 4.98 Å². The Balaban J connectivity index is 2.11. The molecular formula is C10H13FN2O11P2. The number of carbonyl (C=O) groups excluding carboxylic acids is 1. The van der Waals surface area contributed by atoms with Crippen molar-refractivity contribution in [3.8, 4) is 0 Å². The summed E-state index contributed by atoms with van der Waals surface area (Å²) in [6.07, 6.45) is -0.808. The number of rotatable bonds is 7. The van der Waals surface area contributed by atoms with Crippen LogP contribution in [0.3, 0.4) is 0 Å². The standard InChI is InChI=1S/C10H13FN2O11P2/c11-10(5-22-26(20,21)24-25(17,18)19)2-1-7(23-10)13-3-6(4-14)8(15)12-9(13)16/h3-4,7H,1-2,5H2,(H,20,21)(H,12,15,16)(H2,17,18,19)/t7-,10+/m1/s1. The number of carbonyl (C=O) groups is 1. The highest BCUT2D eigenvalue weighted by molar-refractivity contribution is 7.60. The molecule has 0 radical (unpaired) electrons. The van der Waals surface area contributed by atoms with Crippen molar-refractivity contribution in [2.24, 2.45) is 0 Å². The van der Waals surface area contributed by atoms with Gasteiger partial charge in [-0.05, 0) is 6.42 Å². The molecule has 146 valence electrons. The second-order valence-corrected chi connectivity index (χ2v) is 8.01. The number of H-pyrrole nitrogens is 1. The molecule has 0 aliphatic carbocycles. The van der Waals surface area contributed by atoms with Crippen LogP contribution in [0.2, 0.25) is 0 Å². The number of nitrogens with zero attached hydrogens (tertiary/aromatic N) is 1. The summed E-state index contributed by atoms with van der Waals surface area (Å²) in [6, 6.07) is 0. The number of phosphoric acid groups is 2. The average Bonchev–Trinajstić information content (AvgIpc) is 2.86. The topological polar surface area (TPSA) is 194 Å². The lowest BCUT2D eigenvalue weighted by molar-refractivity contribution is -0.175. The summed E-state index contributed by atoms with van der Waals surface area (Å²) in [7, 11) is -10.6. The number of alkyl halides is 1. The molecule has 1 fully saturated rings. The van der Waals surface area contributed by atoms with Crippen LogP contribution in [-0.2, 0) is 22.7 Å². The predicted octanol–water partition coefficient (Wildman–Crippen LogP) is -0.450. The zero-order chi connectivity index (χ0) is 19.8. The smallest absolute Gasteiger partial charge is 0.320 e. The molecule has 0 spiro atoms. The predicted molar refractivity (Wildman–Crippen MR) is 78.8 cm³/mol. The summed E-state index contributed by atoms with van der Waals surface area (Å²) < 4.78 is 49.7. The number of halogens is 1. The highest BCUT2D eigenvalue weighted by Gasteiger charge is 2.45. The Hall–Kier alpha value is -1.50. The minimum Gasteiger partial charge on any atom is -0.320 e. The van der Waals surface area contributed by atoms with Crippen LogP contribution in [0.5, 0.6) is 0 Å². The lowest BCUT2D eigenvalue weighted by atomic mass is 10.2. The first-order valence-electron chi connectivity index (χ1n) is 6.76. The van der Waals surface area contributed by atoms with Crippen LogP contribution < -0.4 is 11.2 Å². The summed E-state index contributed by atoms with van der Waals surface area (Å²) in [5, 5.41) is 0. The van der Waals surface area contributed by atoms with Crippen LogP contribution in [0.4, 0.5) is 4.39 Å². The normalized spacial score (nSPS) is 25.8. The maximum absolute atomic E-state index is 14.5. The molecule has 16 heteroatoms. The number of hydrogen-bond acceptors (Lipinski definition) is 8. The van der Waals surface area contributed by atoms with Crippen molar-refractivity contribution < 1.29 is 46.6 Å². The lowest BCUT2D eigenvalue weighted by Crippen LogP contribution is -2.35. The number of aromatic amines is 1. The van der Waals surface area contributed by atoms with Gasteiger partial charge in [0.2, 0.25) is 5.85 Å². The van der Waals surface area contributed by atoms with Gasteiger partial charge >= 0.3 is 21.3 Å². The van der Waals surface area contributed by atoms with Gasteiger partial charge in [-0.1, -0.05) is 0 Å². The number of hydrogen-bond donors (Lipinski definition) is 4. The van der Waals surface area contributed by atoms with E-state index in [9.17, 15) is 27.9 Å². The maximum Gasteiger partial charge on any atom is 0.481 e. The van der Waals surface area contributed by atoms with Gasteiger partial charge in [0.1, 0.15) is 12.8 Å². The average molecular weight is 418 g/mol. The van der Waals surface area contributed by atoms with Gasteiger partial charge in [-0.15, -0.1) is 0 Å². The second kappa shape index (κ2) is 7.25. The third-order valence-electron chi connectivity index (χ3n) is 3.20. The fourth-order valence-corrected chi connectivity index (χ4v) is 3.76. The molecule has 1 aliphatic heterocycles. The van der Waals surface area contributed by atoms with Gasteiger partial charge in [-0.3, -0.25) is 23.7 Å². The minimum atomic E-state index is -5.36. The zero-order valence-corrected chi connectivity index (χ0v) is 14.5. The molecule has 1 saturated heterocycles. The third-order valence-corrected chi connectivity index (χ3v) is 5.33. The third kappa shape index (κ3) is 5.25. The molecule has 26 heavy (non-hydrogen) atoms. The largest absolute Gasteiger partial charge is 0.481 e. The van der Waals surface area contributed by atoms with E-state index in [4.69, 9.17) is 19.4 Å². The van der Waals surface area contributed by atoms with Gasteiger partial charge < -0.3 is 19.4 Å². The van der Waals surface area contributed by atoms with Gasteiger partial charge in [0.15, 0.2) is 6.29 Å². The van der Waals surface area contributed by atoms with E-state index in [1.54, 1.807) is 0 Å². The first-order chi connectivity index (χ1) is 11.8. The maximum atomic E-state index is 14.5. The summed E-state index contributed by atoms with van der Waals surface area (Å²) in [4.78, 5) is 61.7. The van der Waals surface area contributed by atoms with E-state index in [0.29, 0.717) is 0 Å². The van der Waals surface area contributed by atoms with Crippen LogP contribution >= 0.6 is 15.6 Å². The molecule has 1 aliphatic rings. The molecule has 0 amide bonds. The van der Waals surface area contributed by atoms with Gasteiger partial charge in [0.05, 0.1) is 5.56 Å². The molecule has 1 unspecified atom stereocenters. The van der Waals surface area contributed by atoms with Crippen molar-refractivity contribution in [1.82, 2.24) is 9.55 Å². The van der Waals surface area contributed by atoms with Crippen molar-refractivity contribution in [3.63, 3.8) is 0 Å². The highest BCUT2D eigenvalue weighted by atomic mass is 31.3. The Kier molecular flexibility index (Phi) is 5.80. The van der Waals surface area contributed by atoms with Crippen molar-refractivity contribution in [2.45, 2.75) is 24.9 Å².